The molecule has 7 aromatic rings. The Hall–Kier alpha value is -5.17. The van der Waals surface area contributed by atoms with Crippen LogP contribution in [0.5, 0.6) is 0 Å². The zero-order valence-electron chi connectivity index (χ0n) is 21.8. The molecule has 0 amide bonds. The summed E-state index contributed by atoms with van der Waals surface area (Å²) in [5.41, 5.74) is 4.47. The topological polar surface area (TPSA) is 36.9 Å². The number of benzene rings is 6. The molecule has 0 spiro atoms. The molecular weight excluding hydrogens is 502 g/mol. The van der Waals surface area contributed by atoms with Gasteiger partial charge in [-0.3, -0.25) is 0 Å². The highest BCUT2D eigenvalue weighted by Crippen LogP contribution is 2.29. The molecule has 0 aliphatic rings. The molecule has 0 N–H and O–H groups in total. The zero-order chi connectivity index (χ0) is 26.9. The van der Waals surface area contributed by atoms with Crippen molar-refractivity contribution in [2.24, 2.45) is 0 Å². The molecule has 0 saturated carbocycles. The van der Waals surface area contributed by atoms with Gasteiger partial charge in [0.2, 0.25) is 0 Å². The molecule has 0 bridgehead atoms. The first-order valence-corrected chi connectivity index (χ1v) is 15.4. The van der Waals surface area contributed by atoms with Gasteiger partial charge >= 0.3 is 0 Å². The number of fused-ring (bicyclic) bond motifs is 3. The predicted molar refractivity (Wildman–Crippen MR) is 167 cm³/mol. The largest absolute Gasteiger partial charge is 0.456 e. The number of nitrogens with zero attached hydrogens (tertiary/aromatic N) is 1. The van der Waals surface area contributed by atoms with E-state index in [1.54, 1.807) is 0 Å². The summed E-state index contributed by atoms with van der Waals surface area (Å²) in [4.78, 5) is 0. The molecule has 40 heavy (non-hydrogen) atoms. The van der Waals surface area contributed by atoms with Gasteiger partial charge in [-0.1, -0.05) is 133 Å². The van der Waals surface area contributed by atoms with E-state index < -0.39 is 8.07 Å². The first-order valence-electron chi connectivity index (χ1n) is 13.4. The van der Waals surface area contributed by atoms with Crippen molar-refractivity contribution in [3.05, 3.63) is 157 Å². The third kappa shape index (κ3) is 3.78. The molecule has 0 fully saturated rings. The van der Waals surface area contributed by atoms with Gasteiger partial charge in [-0.05, 0) is 50.1 Å². The van der Waals surface area contributed by atoms with Crippen molar-refractivity contribution in [2.75, 3.05) is 0 Å². The highest BCUT2D eigenvalue weighted by Gasteiger charge is 2.41. The number of furan rings is 1. The average Bonchev–Trinajstić information content (AvgIpc) is 3.41. The van der Waals surface area contributed by atoms with Crippen molar-refractivity contribution in [1.29, 1.82) is 5.26 Å². The Balaban J connectivity index is 1.59. The van der Waals surface area contributed by atoms with Crippen molar-refractivity contribution >= 4 is 50.8 Å². The van der Waals surface area contributed by atoms with Crippen LogP contribution in [0.2, 0.25) is 0 Å². The van der Waals surface area contributed by atoms with Gasteiger partial charge in [-0.2, -0.15) is 5.26 Å². The van der Waals surface area contributed by atoms with Crippen LogP contribution in [0.25, 0.3) is 33.1 Å². The summed E-state index contributed by atoms with van der Waals surface area (Å²) in [5, 5.41) is 17.3. The first-order chi connectivity index (χ1) is 19.8. The van der Waals surface area contributed by atoms with Gasteiger partial charge in [-0.15, -0.1) is 0 Å². The van der Waals surface area contributed by atoms with Gasteiger partial charge in [0.15, 0.2) is 8.07 Å². The summed E-state index contributed by atoms with van der Waals surface area (Å²) in [6.07, 6.45) is 0. The summed E-state index contributed by atoms with van der Waals surface area (Å²) in [7, 11) is -2.79. The fourth-order valence-electron chi connectivity index (χ4n) is 6.09. The molecule has 0 aliphatic heterocycles. The maximum atomic E-state index is 9.86. The van der Waals surface area contributed by atoms with Gasteiger partial charge in [-0.25, -0.2) is 0 Å². The van der Waals surface area contributed by atoms with Crippen molar-refractivity contribution in [3.8, 4) is 17.2 Å². The van der Waals surface area contributed by atoms with Gasteiger partial charge in [0.1, 0.15) is 11.2 Å². The maximum Gasteiger partial charge on any atom is 0.179 e. The van der Waals surface area contributed by atoms with Gasteiger partial charge < -0.3 is 4.42 Å². The SMILES string of the molecule is N#Cc1ccccc1-c1cccc([Si](c2ccccc2)(c2ccccc2)c2ccc3oc4ccccc4c3c2)c1. The van der Waals surface area contributed by atoms with E-state index in [2.05, 4.69) is 121 Å². The number of hydrogen-bond acceptors (Lipinski definition) is 2. The molecule has 6 aromatic carbocycles. The summed E-state index contributed by atoms with van der Waals surface area (Å²) >= 11 is 0. The molecule has 0 unspecified atom stereocenters. The van der Waals surface area contributed by atoms with E-state index in [9.17, 15) is 5.26 Å². The third-order valence-corrected chi connectivity index (χ3v) is 12.6. The van der Waals surface area contributed by atoms with Crippen LogP contribution in [0.3, 0.4) is 0 Å². The van der Waals surface area contributed by atoms with E-state index in [0.717, 1.165) is 33.1 Å². The van der Waals surface area contributed by atoms with Crippen molar-refractivity contribution in [1.82, 2.24) is 0 Å². The Kier molecular flexibility index (Phi) is 5.89. The molecule has 3 heteroatoms. The Labute approximate surface area is 234 Å². The lowest BCUT2D eigenvalue weighted by atomic mass is 10.0. The molecule has 1 heterocycles. The van der Waals surface area contributed by atoms with Crippen molar-refractivity contribution in [3.63, 3.8) is 0 Å². The van der Waals surface area contributed by atoms with E-state index in [-0.39, 0.29) is 0 Å². The molecule has 0 radical (unpaired) electrons. The molecule has 0 saturated heterocycles. The molecule has 1 aromatic heterocycles. The van der Waals surface area contributed by atoms with E-state index >= 15 is 0 Å². The first kappa shape index (κ1) is 23.9. The Bertz CT molecular complexity index is 1980. The van der Waals surface area contributed by atoms with Gasteiger partial charge in [0.05, 0.1) is 11.6 Å². The minimum atomic E-state index is -2.79. The lowest BCUT2D eigenvalue weighted by molar-refractivity contribution is 0.669. The number of rotatable bonds is 5. The minimum Gasteiger partial charge on any atom is -0.456 e. The summed E-state index contributed by atoms with van der Waals surface area (Å²) < 4.78 is 6.22. The summed E-state index contributed by atoms with van der Waals surface area (Å²) in [6, 6.07) is 55.9. The lowest BCUT2D eigenvalue weighted by Gasteiger charge is -2.34. The van der Waals surface area contributed by atoms with Crippen LogP contribution >= 0.6 is 0 Å². The molecule has 188 valence electrons. The molecule has 2 nitrogen and oxygen atoms in total. The quantitative estimate of drug-likeness (QED) is 0.189. The van der Waals surface area contributed by atoms with Crippen LogP contribution in [0, 0.1) is 11.3 Å². The number of para-hydroxylation sites is 1. The van der Waals surface area contributed by atoms with Crippen LogP contribution in [0.15, 0.2) is 156 Å². The van der Waals surface area contributed by atoms with Crippen molar-refractivity contribution < 1.29 is 4.42 Å². The van der Waals surface area contributed by atoms with E-state index in [1.807, 2.05) is 36.4 Å². The molecule has 7 rings (SSSR count). The molecule has 0 atom stereocenters. The normalized spacial score (nSPS) is 11.5. The van der Waals surface area contributed by atoms with Crippen LogP contribution in [-0.2, 0) is 0 Å². The summed E-state index contributed by atoms with van der Waals surface area (Å²) in [6.45, 7) is 0. The summed E-state index contributed by atoms with van der Waals surface area (Å²) in [5.74, 6) is 0. The van der Waals surface area contributed by atoms with Crippen molar-refractivity contribution in [2.45, 2.75) is 0 Å². The smallest absolute Gasteiger partial charge is 0.179 e. The highest BCUT2D eigenvalue weighted by atomic mass is 28.3. The number of nitriles is 1. The lowest BCUT2D eigenvalue weighted by Crippen LogP contribution is -2.74. The third-order valence-electron chi connectivity index (χ3n) is 7.88. The molecular formula is C37H25NOSi. The monoisotopic (exact) mass is 527 g/mol. The molecule has 0 aliphatic carbocycles. The maximum absolute atomic E-state index is 9.86. The van der Waals surface area contributed by atoms with Crippen LogP contribution in [-0.4, -0.2) is 8.07 Å². The zero-order valence-corrected chi connectivity index (χ0v) is 22.8. The van der Waals surface area contributed by atoms with Crippen LogP contribution in [0.1, 0.15) is 5.56 Å². The fourth-order valence-corrected chi connectivity index (χ4v) is 10.9. The average molecular weight is 528 g/mol. The van der Waals surface area contributed by atoms with Crippen LogP contribution in [0.4, 0.5) is 0 Å². The second kappa shape index (κ2) is 9.85. The van der Waals surface area contributed by atoms with E-state index in [4.69, 9.17) is 4.42 Å². The second-order valence-electron chi connectivity index (χ2n) is 10.0. The fraction of sp³-hybridized carbons (Fsp3) is 0. The van der Waals surface area contributed by atoms with E-state index in [0.29, 0.717) is 5.56 Å². The van der Waals surface area contributed by atoms with Crippen LogP contribution < -0.4 is 20.7 Å². The number of hydrogen-bond donors (Lipinski definition) is 0. The Morgan fingerprint density at radius 2 is 1.07 bits per heavy atom. The minimum absolute atomic E-state index is 0.678. The van der Waals surface area contributed by atoms with Gasteiger partial charge in [0.25, 0.3) is 0 Å². The highest BCUT2D eigenvalue weighted by molar-refractivity contribution is 7.20. The second-order valence-corrected chi connectivity index (χ2v) is 13.8. The Morgan fingerprint density at radius 3 is 1.82 bits per heavy atom. The van der Waals surface area contributed by atoms with E-state index in [1.165, 1.54) is 20.7 Å². The Morgan fingerprint density at radius 1 is 0.475 bits per heavy atom. The van der Waals surface area contributed by atoms with Gasteiger partial charge in [0, 0.05) is 10.8 Å². The predicted octanol–water partition coefficient (Wildman–Crippen LogP) is 6.50. The standard InChI is InChI=1S/C37H25NOSi/c38-26-28-12-7-8-19-33(28)27-13-11-18-31(24-27)40(29-14-3-1-4-15-29,30-16-5-2-6-17-30)32-22-23-37-35(25-32)34-20-9-10-21-36(34)39-37/h1-25H.